The number of nitrogens with zero attached hydrogens (tertiary/aromatic N) is 1. The number of aliphatic hydroxyl groups excluding tert-OH is 1. The van der Waals surface area contributed by atoms with E-state index in [9.17, 15) is 0 Å². The van der Waals surface area contributed by atoms with E-state index in [0.717, 1.165) is 13.1 Å². The normalized spacial score (nSPS) is 16.4. The highest BCUT2D eigenvalue weighted by Crippen LogP contribution is 2.26. The summed E-state index contributed by atoms with van der Waals surface area (Å²) in [6.45, 7) is 4.18. The van der Waals surface area contributed by atoms with E-state index in [1.807, 2.05) is 0 Å². The quantitative estimate of drug-likeness (QED) is 0.821. The molecule has 0 aliphatic heterocycles. The summed E-state index contributed by atoms with van der Waals surface area (Å²) in [5.74, 6) is 0. The minimum absolute atomic E-state index is 0.266. The highest BCUT2D eigenvalue weighted by atomic mass is 16.3. The van der Waals surface area contributed by atoms with Crippen LogP contribution in [0.25, 0.3) is 0 Å². The Hall–Kier alpha value is -0.860. The molecule has 1 aliphatic rings. The Kier molecular flexibility index (Phi) is 3.97. The van der Waals surface area contributed by atoms with E-state index in [1.54, 1.807) is 0 Å². The molecule has 1 N–H and O–H groups in total. The van der Waals surface area contributed by atoms with Crippen molar-refractivity contribution in [2.24, 2.45) is 0 Å². The van der Waals surface area contributed by atoms with Gasteiger partial charge in [-0.1, -0.05) is 36.2 Å². The number of rotatable bonds is 5. The SMILES string of the molecule is Cc1cccc(CN(CCO)C2CCC2)c1. The van der Waals surface area contributed by atoms with Crippen LogP contribution in [0.1, 0.15) is 30.4 Å². The molecular formula is C14H21NO. The Balaban J connectivity index is 1.98. The summed E-state index contributed by atoms with van der Waals surface area (Å²) < 4.78 is 0. The molecule has 88 valence electrons. The Labute approximate surface area is 97.9 Å². The summed E-state index contributed by atoms with van der Waals surface area (Å²) >= 11 is 0. The zero-order chi connectivity index (χ0) is 11.4. The smallest absolute Gasteiger partial charge is 0.0558 e. The maximum absolute atomic E-state index is 9.10. The monoisotopic (exact) mass is 219 g/mol. The maximum Gasteiger partial charge on any atom is 0.0558 e. The fourth-order valence-electron chi connectivity index (χ4n) is 2.32. The van der Waals surface area contributed by atoms with Crippen molar-refractivity contribution in [2.75, 3.05) is 13.2 Å². The molecule has 0 heterocycles. The molecular weight excluding hydrogens is 198 g/mol. The molecule has 0 spiro atoms. The summed E-state index contributed by atoms with van der Waals surface area (Å²) in [5.41, 5.74) is 2.68. The van der Waals surface area contributed by atoms with Gasteiger partial charge in [0.1, 0.15) is 0 Å². The fraction of sp³-hybridized carbons (Fsp3) is 0.571. The van der Waals surface area contributed by atoms with Gasteiger partial charge in [-0.05, 0) is 25.3 Å². The zero-order valence-corrected chi connectivity index (χ0v) is 10.0. The third kappa shape index (κ3) is 2.83. The van der Waals surface area contributed by atoms with Crippen LogP contribution in [0.5, 0.6) is 0 Å². The van der Waals surface area contributed by atoms with E-state index in [0.29, 0.717) is 6.04 Å². The molecule has 0 atom stereocenters. The molecule has 1 aliphatic carbocycles. The highest BCUT2D eigenvalue weighted by molar-refractivity contribution is 5.22. The van der Waals surface area contributed by atoms with Gasteiger partial charge in [0.25, 0.3) is 0 Å². The second-order valence-corrected chi connectivity index (χ2v) is 4.77. The van der Waals surface area contributed by atoms with Gasteiger partial charge in [-0.25, -0.2) is 0 Å². The van der Waals surface area contributed by atoms with Crippen molar-refractivity contribution in [2.45, 2.75) is 38.8 Å². The number of hydrogen-bond donors (Lipinski definition) is 1. The van der Waals surface area contributed by atoms with Gasteiger partial charge in [0.2, 0.25) is 0 Å². The van der Waals surface area contributed by atoms with E-state index in [4.69, 9.17) is 5.11 Å². The first-order valence-electron chi connectivity index (χ1n) is 6.20. The first-order valence-corrected chi connectivity index (χ1v) is 6.20. The Morgan fingerprint density at radius 3 is 2.75 bits per heavy atom. The Bertz CT molecular complexity index is 333. The molecule has 0 unspecified atom stereocenters. The average Bonchev–Trinajstić information content (AvgIpc) is 2.15. The van der Waals surface area contributed by atoms with Crippen molar-refractivity contribution >= 4 is 0 Å². The predicted octanol–water partition coefficient (Wildman–Crippen LogP) is 2.34. The third-order valence-corrected chi connectivity index (χ3v) is 3.45. The summed E-state index contributed by atoms with van der Waals surface area (Å²) in [6, 6.07) is 9.36. The molecule has 0 aromatic heterocycles. The largest absolute Gasteiger partial charge is 0.395 e. The first-order chi connectivity index (χ1) is 7.79. The van der Waals surface area contributed by atoms with Gasteiger partial charge in [0, 0.05) is 19.1 Å². The summed E-state index contributed by atoms with van der Waals surface area (Å²) in [6.07, 6.45) is 3.94. The lowest BCUT2D eigenvalue weighted by molar-refractivity contribution is 0.0945. The van der Waals surface area contributed by atoms with Gasteiger partial charge in [-0.15, -0.1) is 0 Å². The van der Waals surface area contributed by atoms with Crippen LogP contribution in [0.3, 0.4) is 0 Å². The summed E-state index contributed by atoms with van der Waals surface area (Å²) in [5, 5.41) is 9.10. The number of benzene rings is 1. The molecule has 1 aromatic rings. The molecule has 2 nitrogen and oxygen atoms in total. The van der Waals surface area contributed by atoms with Crippen molar-refractivity contribution in [1.82, 2.24) is 4.90 Å². The van der Waals surface area contributed by atoms with Gasteiger partial charge in [-0.3, -0.25) is 4.90 Å². The van der Waals surface area contributed by atoms with Crippen LogP contribution >= 0.6 is 0 Å². The van der Waals surface area contributed by atoms with Gasteiger partial charge in [-0.2, -0.15) is 0 Å². The van der Waals surface area contributed by atoms with Crippen molar-refractivity contribution < 1.29 is 5.11 Å². The van der Waals surface area contributed by atoms with Crippen LogP contribution in [0.4, 0.5) is 0 Å². The lowest BCUT2D eigenvalue weighted by atomic mass is 9.91. The summed E-state index contributed by atoms with van der Waals surface area (Å²) in [7, 11) is 0. The molecule has 16 heavy (non-hydrogen) atoms. The van der Waals surface area contributed by atoms with Crippen molar-refractivity contribution in [3.63, 3.8) is 0 Å². The van der Waals surface area contributed by atoms with Crippen LogP contribution in [0, 0.1) is 6.92 Å². The molecule has 2 heteroatoms. The topological polar surface area (TPSA) is 23.5 Å². The molecule has 1 saturated carbocycles. The predicted molar refractivity (Wildman–Crippen MR) is 66.3 cm³/mol. The molecule has 0 saturated heterocycles. The average molecular weight is 219 g/mol. The Morgan fingerprint density at radius 1 is 1.38 bits per heavy atom. The molecule has 1 fully saturated rings. The van der Waals surface area contributed by atoms with E-state index < -0.39 is 0 Å². The van der Waals surface area contributed by atoms with Gasteiger partial charge in [0.15, 0.2) is 0 Å². The molecule has 2 rings (SSSR count). The van der Waals surface area contributed by atoms with Gasteiger partial charge < -0.3 is 5.11 Å². The summed E-state index contributed by atoms with van der Waals surface area (Å²) in [4.78, 5) is 2.41. The number of aliphatic hydroxyl groups is 1. The first kappa shape index (κ1) is 11.6. The van der Waals surface area contributed by atoms with Crippen molar-refractivity contribution in [3.05, 3.63) is 35.4 Å². The minimum atomic E-state index is 0.266. The second-order valence-electron chi connectivity index (χ2n) is 4.77. The Morgan fingerprint density at radius 2 is 2.19 bits per heavy atom. The number of hydrogen-bond acceptors (Lipinski definition) is 2. The molecule has 1 aromatic carbocycles. The van der Waals surface area contributed by atoms with E-state index in [1.165, 1.54) is 30.4 Å². The van der Waals surface area contributed by atoms with Crippen LogP contribution in [-0.2, 0) is 6.54 Å². The van der Waals surface area contributed by atoms with E-state index >= 15 is 0 Å². The fourth-order valence-corrected chi connectivity index (χ4v) is 2.32. The lowest BCUT2D eigenvalue weighted by Crippen LogP contribution is -2.41. The molecule has 0 amide bonds. The zero-order valence-electron chi connectivity index (χ0n) is 10.0. The van der Waals surface area contributed by atoms with Gasteiger partial charge >= 0.3 is 0 Å². The van der Waals surface area contributed by atoms with E-state index in [-0.39, 0.29) is 6.61 Å². The van der Waals surface area contributed by atoms with Crippen molar-refractivity contribution in [3.8, 4) is 0 Å². The third-order valence-electron chi connectivity index (χ3n) is 3.45. The second kappa shape index (κ2) is 5.46. The molecule has 0 radical (unpaired) electrons. The maximum atomic E-state index is 9.10. The van der Waals surface area contributed by atoms with Crippen LogP contribution in [-0.4, -0.2) is 29.2 Å². The standard InChI is InChI=1S/C14H21NO/c1-12-4-2-5-13(10-12)11-15(8-9-16)14-6-3-7-14/h2,4-5,10,14,16H,3,6-9,11H2,1H3. The lowest BCUT2D eigenvalue weighted by Gasteiger charge is -2.37. The minimum Gasteiger partial charge on any atom is -0.395 e. The van der Waals surface area contributed by atoms with Gasteiger partial charge in [0.05, 0.1) is 6.61 Å². The highest BCUT2D eigenvalue weighted by Gasteiger charge is 2.24. The van der Waals surface area contributed by atoms with Crippen LogP contribution in [0.2, 0.25) is 0 Å². The van der Waals surface area contributed by atoms with Crippen LogP contribution < -0.4 is 0 Å². The van der Waals surface area contributed by atoms with Crippen molar-refractivity contribution in [1.29, 1.82) is 0 Å². The molecule has 0 bridgehead atoms. The van der Waals surface area contributed by atoms with Crippen LogP contribution in [0.15, 0.2) is 24.3 Å². The van der Waals surface area contributed by atoms with E-state index in [2.05, 4.69) is 36.1 Å². The number of aryl methyl sites for hydroxylation is 1.